The molecule has 3 rings (SSSR count). The molecule has 0 N–H and O–H groups in total. The summed E-state index contributed by atoms with van der Waals surface area (Å²) in [4.78, 5) is 0. The Morgan fingerprint density at radius 3 is 2.16 bits per heavy atom. The molecule has 0 spiro atoms. The Morgan fingerprint density at radius 2 is 1.58 bits per heavy atom. The maximum absolute atomic E-state index is 13.8. The van der Waals surface area contributed by atoms with E-state index in [9.17, 15) is 8.78 Å². The molecule has 2 aliphatic rings. The minimum Gasteiger partial charge on any atom is -0.374 e. The maximum atomic E-state index is 13.8. The summed E-state index contributed by atoms with van der Waals surface area (Å²) >= 11 is 0. The van der Waals surface area contributed by atoms with Crippen LogP contribution in [-0.4, -0.2) is 12.7 Å². The van der Waals surface area contributed by atoms with Crippen LogP contribution in [0, 0.1) is 40.7 Å². The van der Waals surface area contributed by atoms with Crippen LogP contribution in [0.2, 0.25) is 0 Å². The zero-order valence-corrected chi connectivity index (χ0v) is 18.9. The molecule has 0 atom stereocenters. The second-order valence-electron chi connectivity index (χ2n) is 9.50. The lowest BCUT2D eigenvalue weighted by Gasteiger charge is -2.37. The lowest BCUT2D eigenvalue weighted by Crippen LogP contribution is -2.28. The number of benzene rings is 1. The molecule has 1 aromatic carbocycles. The van der Waals surface area contributed by atoms with Crippen molar-refractivity contribution in [1.82, 2.24) is 0 Å². The van der Waals surface area contributed by atoms with Crippen molar-refractivity contribution in [2.24, 2.45) is 17.8 Å². The van der Waals surface area contributed by atoms with E-state index in [1.807, 2.05) is 0 Å². The molecule has 0 aromatic heterocycles. The molecule has 2 saturated carbocycles. The second kappa shape index (κ2) is 12.3. The number of hydrogen-bond donors (Lipinski definition) is 0. The minimum atomic E-state index is -0.738. The summed E-state index contributed by atoms with van der Waals surface area (Å²) in [5.74, 6) is 0.854. The number of nitrogens with zero attached hydrogens (tertiary/aromatic N) is 1. The fourth-order valence-electron chi connectivity index (χ4n) is 5.47. The van der Waals surface area contributed by atoms with Crippen molar-refractivity contribution in [3.05, 3.63) is 47.0 Å². The van der Waals surface area contributed by atoms with Gasteiger partial charge in [-0.1, -0.05) is 38.3 Å². The minimum absolute atomic E-state index is 0.437. The highest BCUT2D eigenvalue weighted by atomic mass is 19.1. The van der Waals surface area contributed by atoms with E-state index in [2.05, 4.69) is 19.1 Å². The molecule has 4 heteroatoms. The Hall–Kier alpha value is -1.73. The average Bonchev–Trinajstić information content (AvgIpc) is 2.78. The molecule has 2 aliphatic carbocycles. The molecular formula is C27H37F2NO. The lowest BCUT2D eigenvalue weighted by molar-refractivity contribution is 0.0210. The molecule has 2 fully saturated rings. The van der Waals surface area contributed by atoms with Gasteiger partial charge in [0.1, 0.15) is 23.3 Å². The number of rotatable bonds is 9. The Labute approximate surface area is 186 Å². The molecule has 0 radical (unpaired) electrons. The number of ether oxygens (including phenoxy) is 1. The van der Waals surface area contributed by atoms with Gasteiger partial charge in [-0.2, -0.15) is 5.26 Å². The molecule has 170 valence electrons. The first kappa shape index (κ1) is 23.9. The van der Waals surface area contributed by atoms with Crippen molar-refractivity contribution in [3.63, 3.8) is 0 Å². The Kier molecular flexibility index (Phi) is 9.53. The molecule has 0 unspecified atom stereocenters. The van der Waals surface area contributed by atoms with Crippen molar-refractivity contribution in [3.8, 4) is 6.07 Å². The van der Waals surface area contributed by atoms with E-state index in [-0.39, 0.29) is 0 Å². The van der Waals surface area contributed by atoms with E-state index in [1.54, 1.807) is 6.07 Å². The average molecular weight is 430 g/mol. The van der Waals surface area contributed by atoms with E-state index in [0.717, 1.165) is 31.3 Å². The molecule has 2 nitrogen and oxygen atoms in total. The van der Waals surface area contributed by atoms with Gasteiger partial charge in [0.2, 0.25) is 0 Å². The summed E-state index contributed by atoms with van der Waals surface area (Å²) in [5.41, 5.74) is 0.191. The third-order valence-corrected chi connectivity index (χ3v) is 7.38. The van der Waals surface area contributed by atoms with Gasteiger partial charge in [-0.15, -0.1) is 0 Å². The molecule has 0 heterocycles. The summed E-state index contributed by atoms with van der Waals surface area (Å²) in [5, 5.41) is 8.80. The number of allylic oxidation sites excluding steroid dienone is 1. The fraction of sp³-hybridized carbons (Fsp3) is 0.667. The normalized spacial score (nSPS) is 26.8. The monoisotopic (exact) mass is 429 g/mol. The topological polar surface area (TPSA) is 33.0 Å². The Bertz CT molecular complexity index is 730. The molecule has 0 bridgehead atoms. The van der Waals surface area contributed by atoms with Crippen LogP contribution in [-0.2, 0) is 11.2 Å². The van der Waals surface area contributed by atoms with Crippen LogP contribution in [0.25, 0.3) is 0 Å². The molecule has 0 amide bonds. The van der Waals surface area contributed by atoms with Crippen LogP contribution >= 0.6 is 0 Å². The Morgan fingerprint density at radius 1 is 0.968 bits per heavy atom. The van der Waals surface area contributed by atoms with Gasteiger partial charge in [-0.3, -0.25) is 0 Å². The summed E-state index contributed by atoms with van der Waals surface area (Å²) in [6, 6.07) is 4.24. The summed E-state index contributed by atoms with van der Waals surface area (Å²) in [7, 11) is 0. The summed E-state index contributed by atoms with van der Waals surface area (Å²) < 4.78 is 33.6. The molecule has 0 aliphatic heterocycles. The van der Waals surface area contributed by atoms with Gasteiger partial charge < -0.3 is 4.74 Å². The fourth-order valence-corrected chi connectivity index (χ4v) is 5.47. The van der Waals surface area contributed by atoms with Gasteiger partial charge in [0, 0.05) is 0 Å². The first-order chi connectivity index (χ1) is 15.1. The number of unbranched alkanes of at least 4 members (excludes halogenated alkanes) is 1. The van der Waals surface area contributed by atoms with Crippen molar-refractivity contribution in [2.75, 3.05) is 6.61 Å². The molecule has 1 aromatic rings. The second-order valence-corrected chi connectivity index (χ2v) is 9.50. The van der Waals surface area contributed by atoms with E-state index >= 15 is 0 Å². The quantitative estimate of drug-likeness (QED) is 0.381. The predicted octanol–water partition coefficient (Wildman–Crippen LogP) is 7.51. The van der Waals surface area contributed by atoms with Crippen LogP contribution in [0.4, 0.5) is 8.78 Å². The van der Waals surface area contributed by atoms with Gasteiger partial charge in [-0.25, -0.2) is 8.78 Å². The number of hydrogen-bond acceptors (Lipinski definition) is 2. The van der Waals surface area contributed by atoms with Gasteiger partial charge in [0.25, 0.3) is 0 Å². The van der Waals surface area contributed by atoms with E-state index in [1.165, 1.54) is 69.9 Å². The SMILES string of the molecule is CCC/C=C/COC1CCC(C2CCC(CCc3cc(F)c(C#N)c(F)c3)CC2)CC1. The van der Waals surface area contributed by atoms with E-state index in [4.69, 9.17) is 10.00 Å². The van der Waals surface area contributed by atoms with Crippen LogP contribution < -0.4 is 0 Å². The van der Waals surface area contributed by atoms with Crippen molar-refractivity contribution in [1.29, 1.82) is 5.26 Å². The number of nitriles is 1. The van der Waals surface area contributed by atoms with Gasteiger partial charge >= 0.3 is 0 Å². The van der Waals surface area contributed by atoms with Crippen LogP contribution in [0.15, 0.2) is 24.3 Å². The largest absolute Gasteiger partial charge is 0.374 e. The summed E-state index contributed by atoms with van der Waals surface area (Å²) in [6.07, 6.45) is 18.8. The first-order valence-electron chi connectivity index (χ1n) is 12.2. The Balaban J connectivity index is 1.34. The lowest BCUT2D eigenvalue weighted by atomic mass is 9.70. The predicted molar refractivity (Wildman–Crippen MR) is 121 cm³/mol. The first-order valence-corrected chi connectivity index (χ1v) is 12.2. The van der Waals surface area contributed by atoms with E-state index in [0.29, 0.717) is 24.0 Å². The van der Waals surface area contributed by atoms with Crippen molar-refractivity contribution in [2.45, 2.75) is 90.1 Å². The van der Waals surface area contributed by atoms with Crippen molar-refractivity contribution < 1.29 is 13.5 Å². The maximum Gasteiger partial charge on any atom is 0.144 e. The highest BCUT2D eigenvalue weighted by Gasteiger charge is 2.31. The van der Waals surface area contributed by atoms with Crippen molar-refractivity contribution >= 4 is 0 Å². The zero-order chi connectivity index (χ0) is 22.1. The summed E-state index contributed by atoms with van der Waals surface area (Å²) in [6.45, 7) is 2.95. The highest BCUT2D eigenvalue weighted by molar-refractivity contribution is 5.35. The van der Waals surface area contributed by atoms with Crippen LogP contribution in [0.1, 0.15) is 88.7 Å². The smallest absolute Gasteiger partial charge is 0.144 e. The van der Waals surface area contributed by atoms with Gasteiger partial charge in [0.15, 0.2) is 0 Å². The standard InChI is InChI=1S/C27H37F2NO/c1-2-3-4-5-16-31-24-14-12-23(13-15-24)22-10-8-20(9-11-22)6-7-21-17-26(28)25(19-30)27(29)18-21/h4-5,17-18,20,22-24H,2-3,6-16H2,1H3/b5-4+. The van der Waals surface area contributed by atoms with Crippen LogP contribution in [0.5, 0.6) is 0 Å². The van der Waals surface area contributed by atoms with Gasteiger partial charge in [-0.05, 0) is 93.2 Å². The zero-order valence-electron chi connectivity index (χ0n) is 18.9. The third kappa shape index (κ3) is 7.14. The number of halogens is 2. The molecule has 31 heavy (non-hydrogen) atoms. The van der Waals surface area contributed by atoms with Gasteiger partial charge in [0.05, 0.1) is 12.7 Å². The molecule has 0 saturated heterocycles. The van der Waals surface area contributed by atoms with E-state index < -0.39 is 17.2 Å². The number of aryl methyl sites for hydroxylation is 1. The highest BCUT2D eigenvalue weighted by Crippen LogP contribution is 2.41. The third-order valence-electron chi connectivity index (χ3n) is 7.38. The molecular weight excluding hydrogens is 392 g/mol. The van der Waals surface area contributed by atoms with Crippen LogP contribution in [0.3, 0.4) is 0 Å².